The van der Waals surface area contributed by atoms with Gasteiger partial charge in [-0.1, -0.05) is 24.3 Å². The highest BCUT2D eigenvalue weighted by molar-refractivity contribution is 6.00. The molecule has 0 aliphatic heterocycles. The number of hydrogen-bond donors (Lipinski definition) is 2. The fourth-order valence-electron chi connectivity index (χ4n) is 1.43. The van der Waals surface area contributed by atoms with Crippen LogP contribution in [0.25, 0.3) is 0 Å². The van der Waals surface area contributed by atoms with Crippen LogP contribution in [0.4, 0.5) is 13.2 Å². The van der Waals surface area contributed by atoms with Crippen molar-refractivity contribution in [1.29, 1.82) is 0 Å². The SMILES string of the molecule is COC(=O)C(O)C(O)c1ccc(C(=O)C(F)(F)F)cc1. The van der Waals surface area contributed by atoms with E-state index in [4.69, 9.17) is 0 Å². The number of carbonyl (C=O) groups excluding carboxylic acids is 2. The highest BCUT2D eigenvalue weighted by Crippen LogP contribution is 2.23. The first-order valence-corrected chi connectivity index (χ1v) is 5.34. The summed E-state index contributed by atoms with van der Waals surface area (Å²) in [6, 6.07) is 3.71. The van der Waals surface area contributed by atoms with Gasteiger partial charge >= 0.3 is 12.1 Å². The zero-order valence-corrected chi connectivity index (χ0v) is 10.2. The predicted molar refractivity (Wildman–Crippen MR) is 59.8 cm³/mol. The molecule has 20 heavy (non-hydrogen) atoms. The number of hydrogen-bond acceptors (Lipinski definition) is 5. The number of Topliss-reactive ketones (excluding diaryl/α,β-unsaturated/α-hetero) is 1. The molecule has 0 heterocycles. The van der Waals surface area contributed by atoms with Crippen molar-refractivity contribution in [2.75, 3.05) is 7.11 Å². The lowest BCUT2D eigenvalue weighted by atomic mass is 10.0. The zero-order valence-electron chi connectivity index (χ0n) is 10.2. The van der Waals surface area contributed by atoms with Gasteiger partial charge in [-0.05, 0) is 5.56 Å². The summed E-state index contributed by atoms with van der Waals surface area (Å²) in [6.07, 6.45) is -8.53. The summed E-state index contributed by atoms with van der Waals surface area (Å²) >= 11 is 0. The fraction of sp³-hybridized carbons (Fsp3) is 0.333. The molecule has 0 saturated carbocycles. The van der Waals surface area contributed by atoms with Gasteiger partial charge in [0.1, 0.15) is 6.10 Å². The first-order chi connectivity index (χ1) is 9.18. The normalized spacial score (nSPS) is 14.5. The largest absolute Gasteiger partial charge is 0.467 e. The van der Waals surface area contributed by atoms with Crippen LogP contribution in [-0.4, -0.2) is 41.4 Å². The summed E-state index contributed by atoms with van der Waals surface area (Å²) in [5.74, 6) is -3.11. The molecule has 0 aliphatic rings. The third-order valence-electron chi connectivity index (χ3n) is 2.51. The molecule has 2 unspecified atom stereocenters. The molecule has 1 aromatic rings. The van der Waals surface area contributed by atoms with Crippen LogP contribution in [0, 0.1) is 0 Å². The van der Waals surface area contributed by atoms with Crippen molar-refractivity contribution in [1.82, 2.24) is 0 Å². The average Bonchev–Trinajstić information content (AvgIpc) is 2.43. The molecular formula is C12H11F3O5. The number of rotatable bonds is 4. The molecule has 5 nitrogen and oxygen atoms in total. The second kappa shape index (κ2) is 6.02. The van der Waals surface area contributed by atoms with Gasteiger partial charge in [-0.25, -0.2) is 4.79 Å². The smallest absolute Gasteiger partial charge is 0.454 e. The Morgan fingerprint density at radius 2 is 1.65 bits per heavy atom. The van der Waals surface area contributed by atoms with Crippen LogP contribution in [0.1, 0.15) is 22.0 Å². The van der Waals surface area contributed by atoms with Crippen molar-refractivity contribution in [2.45, 2.75) is 18.4 Å². The molecule has 2 N–H and O–H groups in total. The molecule has 0 aliphatic carbocycles. The molecule has 0 amide bonds. The molecule has 0 fully saturated rings. The number of esters is 1. The lowest BCUT2D eigenvalue weighted by Gasteiger charge is -2.16. The van der Waals surface area contributed by atoms with Gasteiger partial charge in [-0.3, -0.25) is 4.79 Å². The number of halogens is 3. The second-order valence-electron chi connectivity index (χ2n) is 3.86. The lowest BCUT2D eigenvalue weighted by Crippen LogP contribution is -2.29. The number of methoxy groups -OCH3 is 1. The van der Waals surface area contributed by atoms with Gasteiger partial charge in [0.15, 0.2) is 6.10 Å². The van der Waals surface area contributed by atoms with E-state index < -0.39 is 35.7 Å². The van der Waals surface area contributed by atoms with Crippen LogP contribution < -0.4 is 0 Å². The minimum atomic E-state index is -4.99. The molecule has 2 atom stereocenters. The van der Waals surface area contributed by atoms with Crippen molar-refractivity contribution < 1.29 is 37.7 Å². The standard InChI is InChI=1S/C12H11F3O5/c1-20-11(19)9(17)8(16)6-2-4-7(5-3-6)10(18)12(13,14)15/h2-5,8-9,16-17H,1H3. The average molecular weight is 292 g/mol. The first kappa shape index (κ1) is 16.1. The highest BCUT2D eigenvalue weighted by atomic mass is 19.4. The summed E-state index contributed by atoms with van der Waals surface area (Å²) in [7, 11) is 1.00. The Labute approximate surface area is 111 Å². The van der Waals surface area contributed by atoms with Crippen molar-refractivity contribution in [2.24, 2.45) is 0 Å². The first-order valence-electron chi connectivity index (χ1n) is 5.34. The van der Waals surface area contributed by atoms with Gasteiger partial charge in [0.2, 0.25) is 0 Å². The predicted octanol–water partition coefficient (Wildman–Crippen LogP) is 0.999. The minimum Gasteiger partial charge on any atom is -0.467 e. The Hall–Kier alpha value is -1.93. The number of aliphatic hydroxyl groups is 2. The number of alkyl halides is 3. The van der Waals surface area contributed by atoms with Gasteiger partial charge < -0.3 is 14.9 Å². The maximum absolute atomic E-state index is 12.2. The number of ether oxygens (including phenoxy) is 1. The van der Waals surface area contributed by atoms with Gasteiger partial charge in [0, 0.05) is 5.56 Å². The number of benzene rings is 1. The van der Waals surface area contributed by atoms with E-state index in [9.17, 15) is 33.0 Å². The van der Waals surface area contributed by atoms with Crippen LogP contribution >= 0.6 is 0 Å². The van der Waals surface area contributed by atoms with Gasteiger partial charge in [-0.15, -0.1) is 0 Å². The molecule has 0 saturated heterocycles. The van der Waals surface area contributed by atoms with Crippen molar-refractivity contribution >= 4 is 11.8 Å². The fourth-order valence-corrected chi connectivity index (χ4v) is 1.43. The molecular weight excluding hydrogens is 281 g/mol. The number of carbonyl (C=O) groups is 2. The Morgan fingerprint density at radius 3 is 2.05 bits per heavy atom. The highest BCUT2D eigenvalue weighted by Gasteiger charge is 2.39. The number of aliphatic hydroxyl groups excluding tert-OH is 2. The maximum Gasteiger partial charge on any atom is 0.454 e. The van der Waals surface area contributed by atoms with E-state index in [1.807, 2.05) is 0 Å². The zero-order chi connectivity index (χ0) is 15.5. The van der Waals surface area contributed by atoms with E-state index in [0.29, 0.717) is 0 Å². The van der Waals surface area contributed by atoms with Crippen LogP contribution in [0.2, 0.25) is 0 Å². The van der Waals surface area contributed by atoms with Crippen LogP contribution in [0.5, 0.6) is 0 Å². The van der Waals surface area contributed by atoms with E-state index in [1.54, 1.807) is 0 Å². The van der Waals surface area contributed by atoms with Crippen LogP contribution in [0.15, 0.2) is 24.3 Å². The molecule has 0 spiro atoms. The third kappa shape index (κ3) is 3.55. The van der Waals surface area contributed by atoms with Gasteiger partial charge in [0.25, 0.3) is 5.78 Å². The Morgan fingerprint density at radius 1 is 1.15 bits per heavy atom. The molecule has 110 valence electrons. The van der Waals surface area contributed by atoms with E-state index >= 15 is 0 Å². The van der Waals surface area contributed by atoms with Crippen molar-refractivity contribution in [3.8, 4) is 0 Å². The second-order valence-corrected chi connectivity index (χ2v) is 3.86. The Balaban J connectivity index is 2.92. The molecule has 0 aromatic heterocycles. The van der Waals surface area contributed by atoms with E-state index in [-0.39, 0.29) is 5.56 Å². The topological polar surface area (TPSA) is 83.8 Å². The van der Waals surface area contributed by atoms with E-state index in [1.165, 1.54) is 0 Å². The summed E-state index contributed by atoms with van der Waals surface area (Å²) in [5, 5.41) is 19.0. The van der Waals surface area contributed by atoms with Crippen molar-refractivity contribution in [3.63, 3.8) is 0 Å². The van der Waals surface area contributed by atoms with Crippen molar-refractivity contribution in [3.05, 3.63) is 35.4 Å². The molecule has 1 rings (SSSR count). The van der Waals surface area contributed by atoms with Gasteiger partial charge in [0.05, 0.1) is 7.11 Å². The maximum atomic E-state index is 12.2. The molecule has 8 heteroatoms. The molecule has 0 radical (unpaired) electrons. The Bertz CT molecular complexity index is 495. The monoisotopic (exact) mass is 292 g/mol. The quantitative estimate of drug-likeness (QED) is 0.639. The van der Waals surface area contributed by atoms with Gasteiger partial charge in [-0.2, -0.15) is 13.2 Å². The summed E-state index contributed by atoms with van der Waals surface area (Å²) in [6.45, 7) is 0. The Kier molecular flexibility index (Phi) is 4.85. The molecule has 1 aromatic carbocycles. The summed E-state index contributed by atoms with van der Waals surface area (Å²) in [4.78, 5) is 21.9. The third-order valence-corrected chi connectivity index (χ3v) is 2.51. The van der Waals surface area contributed by atoms with Crippen LogP contribution in [0.3, 0.4) is 0 Å². The summed E-state index contributed by atoms with van der Waals surface area (Å²) in [5.41, 5.74) is -0.636. The molecule has 0 bridgehead atoms. The van der Waals surface area contributed by atoms with Crippen LogP contribution in [-0.2, 0) is 9.53 Å². The minimum absolute atomic E-state index is 0.0263. The number of ketones is 1. The summed E-state index contributed by atoms with van der Waals surface area (Å²) < 4.78 is 40.7. The van der Waals surface area contributed by atoms with E-state index in [0.717, 1.165) is 31.4 Å². The lowest BCUT2D eigenvalue weighted by molar-refractivity contribution is -0.156. The van der Waals surface area contributed by atoms with E-state index in [2.05, 4.69) is 4.74 Å².